The highest BCUT2D eigenvalue weighted by atomic mass is 16.6. The topological polar surface area (TPSA) is 89.1 Å². The number of ether oxygens (including phenoxy) is 2. The minimum atomic E-state index is -0.573. The summed E-state index contributed by atoms with van der Waals surface area (Å²) in [5.41, 5.74) is 3.75. The van der Waals surface area contributed by atoms with E-state index in [0.29, 0.717) is 18.8 Å². The number of hydrogen-bond donors (Lipinski definition) is 2. The molecule has 1 aliphatic rings. The Hall–Kier alpha value is -2.74. The number of nitrogens with zero attached hydrogens (tertiary/aromatic N) is 1. The van der Waals surface area contributed by atoms with Crippen molar-refractivity contribution in [2.24, 2.45) is 5.92 Å². The van der Waals surface area contributed by atoms with Crippen molar-refractivity contribution in [1.82, 2.24) is 15.7 Å². The van der Waals surface area contributed by atoms with Crippen LogP contribution in [0.25, 0.3) is 0 Å². The zero-order valence-electron chi connectivity index (χ0n) is 16.2. The Labute approximate surface area is 159 Å². The lowest BCUT2D eigenvalue weighted by atomic mass is 10.1. The molecule has 0 bridgehead atoms. The Morgan fingerprint density at radius 2 is 1.93 bits per heavy atom. The van der Waals surface area contributed by atoms with Gasteiger partial charge in [-0.15, -0.1) is 0 Å². The van der Waals surface area contributed by atoms with Crippen molar-refractivity contribution in [3.63, 3.8) is 0 Å². The smallest absolute Gasteiger partial charge is 0.414 e. The average Bonchev–Trinajstić information content (AvgIpc) is 3.01. The Kier molecular flexibility index (Phi) is 7.06. The van der Waals surface area contributed by atoms with Gasteiger partial charge in [0.25, 0.3) is 0 Å². The molecular weight excluding hydrogens is 350 g/mol. The van der Waals surface area contributed by atoms with Crippen LogP contribution in [0.15, 0.2) is 42.2 Å². The van der Waals surface area contributed by atoms with E-state index in [1.54, 1.807) is 27.0 Å². The van der Waals surface area contributed by atoms with E-state index in [4.69, 9.17) is 14.3 Å². The first-order valence-electron chi connectivity index (χ1n) is 8.73. The van der Waals surface area contributed by atoms with E-state index < -0.39 is 17.8 Å². The number of hydrogen-bond acceptors (Lipinski definition) is 6. The van der Waals surface area contributed by atoms with Crippen LogP contribution in [0.3, 0.4) is 0 Å². The van der Waals surface area contributed by atoms with Gasteiger partial charge in [0.05, 0.1) is 12.8 Å². The van der Waals surface area contributed by atoms with Gasteiger partial charge in [-0.25, -0.2) is 9.59 Å². The molecule has 1 aromatic rings. The molecule has 1 unspecified atom stereocenters. The predicted octanol–water partition coefficient (Wildman–Crippen LogP) is 2.77. The fraction of sp³-hybridized carbons (Fsp3) is 0.474. The van der Waals surface area contributed by atoms with Crippen LogP contribution in [-0.4, -0.2) is 42.9 Å². The van der Waals surface area contributed by atoms with Crippen molar-refractivity contribution in [1.29, 1.82) is 0 Å². The molecule has 2 rings (SSSR count). The van der Waals surface area contributed by atoms with Gasteiger partial charge in [0, 0.05) is 25.2 Å². The second-order valence-electron chi connectivity index (χ2n) is 7.16. The first kappa shape index (κ1) is 20.6. The van der Waals surface area contributed by atoms with Crippen molar-refractivity contribution in [3.8, 4) is 0 Å². The minimum Gasteiger partial charge on any atom is -0.444 e. The molecule has 2 amide bonds. The first-order chi connectivity index (χ1) is 12.8. The number of carbonyl (C=O) groups is 2. The fourth-order valence-electron chi connectivity index (χ4n) is 2.51. The molecule has 1 aliphatic heterocycles. The maximum Gasteiger partial charge on any atom is 0.414 e. The molecule has 0 spiro atoms. The maximum absolute atomic E-state index is 12.3. The van der Waals surface area contributed by atoms with Gasteiger partial charge >= 0.3 is 12.2 Å². The molecule has 1 aromatic carbocycles. The number of nitrogens with one attached hydrogen (secondary N) is 2. The Morgan fingerprint density at radius 1 is 1.22 bits per heavy atom. The monoisotopic (exact) mass is 377 g/mol. The molecule has 0 aromatic heterocycles. The summed E-state index contributed by atoms with van der Waals surface area (Å²) in [6, 6.07) is 9.45. The first-order valence-corrected chi connectivity index (χ1v) is 8.73. The number of benzene rings is 1. The summed E-state index contributed by atoms with van der Waals surface area (Å²) < 4.78 is 10.6. The van der Waals surface area contributed by atoms with Crippen molar-refractivity contribution >= 4 is 12.2 Å². The standard InChI is InChI=1S/C19H27N3O5/c1-19(2,3)27-17(23)20-10-15-11-22(12-16(15)21-25-4)18(24)26-13-14-8-6-5-7-9-14/h5-9,12,15,21H,10-11,13H2,1-4H3,(H,20,23). The van der Waals surface area contributed by atoms with Gasteiger partial charge in [0.15, 0.2) is 0 Å². The number of rotatable bonds is 6. The van der Waals surface area contributed by atoms with Crippen molar-refractivity contribution < 1.29 is 23.9 Å². The Morgan fingerprint density at radius 3 is 2.56 bits per heavy atom. The summed E-state index contributed by atoms with van der Waals surface area (Å²) in [5, 5.41) is 2.71. The van der Waals surface area contributed by atoms with E-state index in [1.165, 1.54) is 12.0 Å². The zero-order valence-corrected chi connectivity index (χ0v) is 16.2. The molecule has 148 valence electrons. The molecule has 27 heavy (non-hydrogen) atoms. The van der Waals surface area contributed by atoms with Gasteiger partial charge in [-0.3, -0.25) is 15.2 Å². The van der Waals surface area contributed by atoms with Crippen molar-refractivity contribution in [2.75, 3.05) is 20.2 Å². The molecule has 1 atom stereocenters. The summed E-state index contributed by atoms with van der Waals surface area (Å²) >= 11 is 0. The largest absolute Gasteiger partial charge is 0.444 e. The van der Waals surface area contributed by atoms with Crippen LogP contribution >= 0.6 is 0 Å². The number of alkyl carbamates (subject to hydrolysis) is 1. The van der Waals surface area contributed by atoms with Gasteiger partial charge in [-0.2, -0.15) is 0 Å². The summed E-state index contributed by atoms with van der Waals surface area (Å²) in [6.45, 7) is 6.23. The van der Waals surface area contributed by atoms with Gasteiger partial charge in [-0.05, 0) is 26.3 Å². The highest BCUT2D eigenvalue weighted by Crippen LogP contribution is 2.20. The number of carbonyl (C=O) groups excluding carboxylic acids is 2. The summed E-state index contributed by atoms with van der Waals surface area (Å²) in [7, 11) is 1.48. The number of hydroxylamine groups is 1. The van der Waals surface area contributed by atoms with Gasteiger partial charge in [0.1, 0.15) is 12.2 Å². The van der Waals surface area contributed by atoms with Gasteiger partial charge in [-0.1, -0.05) is 30.3 Å². The minimum absolute atomic E-state index is 0.165. The van der Waals surface area contributed by atoms with Crippen molar-refractivity contribution in [3.05, 3.63) is 47.8 Å². The third kappa shape index (κ3) is 6.82. The Balaban J connectivity index is 1.88. The van der Waals surface area contributed by atoms with E-state index in [1.807, 2.05) is 30.3 Å². The molecule has 0 saturated heterocycles. The molecular formula is C19H27N3O5. The third-order valence-electron chi connectivity index (χ3n) is 3.70. The molecule has 0 fully saturated rings. The molecule has 8 nitrogen and oxygen atoms in total. The van der Waals surface area contributed by atoms with Crippen molar-refractivity contribution in [2.45, 2.75) is 33.0 Å². The molecule has 1 heterocycles. The highest BCUT2D eigenvalue weighted by molar-refractivity contribution is 5.70. The van der Waals surface area contributed by atoms with Crippen LogP contribution in [0.4, 0.5) is 9.59 Å². The lowest BCUT2D eigenvalue weighted by Gasteiger charge is -2.21. The second kappa shape index (κ2) is 9.27. The number of amides is 2. The molecule has 0 aliphatic carbocycles. The van der Waals surface area contributed by atoms with E-state index >= 15 is 0 Å². The third-order valence-corrected chi connectivity index (χ3v) is 3.70. The zero-order chi connectivity index (χ0) is 19.9. The van der Waals surface area contributed by atoms with Crippen LogP contribution in [0, 0.1) is 5.92 Å². The van der Waals surface area contributed by atoms with Crippen LogP contribution in [0.2, 0.25) is 0 Å². The maximum atomic E-state index is 12.3. The lowest BCUT2D eigenvalue weighted by Crippen LogP contribution is -2.38. The lowest BCUT2D eigenvalue weighted by molar-refractivity contribution is 0.0516. The van der Waals surface area contributed by atoms with Crippen LogP contribution in [0.1, 0.15) is 26.3 Å². The Bertz CT molecular complexity index is 670. The summed E-state index contributed by atoms with van der Waals surface area (Å²) in [5.74, 6) is -0.165. The molecule has 2 N–H and O–H groups in total. The van der Waals surface area contributed by atoms with Gasteiger partial charge in [0.2, 0.25) is 0 Å². The van der Waals surface area contributed by atoms with Gasteiger partial charge < -0.3 is 14.8 Å². The second-order valence-corrected chi connectivity index (χ2v) is 7.16. The predicted molar refractivity (Wildman–Crippen MR) is 99.3 cm³/mol. The summed E-state index contributed by atoms with van der Waals surface area (Å²) in [6.07, 6.45) is 0.650. The summed E-state index contributed by atoms with van der Waals surface area (Å²) in [4.78, 5) is 30.6. The van der Waals surface area contributed by atoms with E-state index in [0.717, 1.165) is 5.56 Å². The molecule has 0 saturated carbocycles. The van der Waals surface area contributed by atoms with E-state index in [9.17, 15) is 9.59 Å². The van der Waals surface area contributed by atoms with E-state index in [2.05, 4.69) is 10.8 Å². The average molecular weight is 377 g/mol. The molecule has 0 radical (unpaired) electrons. The quantitative estimate of drug-likeness (QED) is 0.741. The highest BCUT2D eigenvalue weighted by Gasteiger charge is 2.30. The van der Waals surface area contributed by atoms with E-state index in [-0.39, 0.29) is 12.5 Å². The molecule has 8 heteroatoms. The van der Waals surface area contributed by atoms with Crippen LogP contribution < -0.4 is 10.8 Å². The fourth-order valence-corrected chi connectivity index (χ4v) is 2.51. The van der Waals surface area contributed by atoms with Crippen LogP contribution in [0.5, 0.6) is 0 Å². The van der Waals surface area contributed by atoms with Crippen LogP contribution in [-0.2, 0) is 20.9 Å². The normalized spacial score (nSPS) is 16.5. The SMILES string of the molecule is CONC1=CN(C(=O)OCc2ccccc2)CC1CNC(=O)OC(C)(C)C.